The molecule has 1 saturated carbocycles. The monoisotopic (exact) mass is 215 g/mol. The van der Waals surface area contributed by atoms with Crippen LogP contribution in [0.25, 0.3) is 0 Å². The smallest absolute Gasteiger partial charge is 0.407 e. The third kappa shape index (κ3) is 5.02. The van der Waals surface area contributed by atoms with E-state index in [0.717, 1.165) is 32.1 Å². The Hall–Kier alpha value is -0.770. The summed E-state index contributed by atoms with van der Waals surface area (Å²) in [5.41, 5.74) is 0. The van der Waals surface area contributed by atoms with Crippen molar-refractivity contribution < 1.29 is 14.6 Å². The van der Waals surface area contributed by atoms with Crippen LogP contribution in [0.15, 0.2) is 0 Å². The van der Waals surface area contributed by atoms with Gasteiger partial charge in [0.05, 0.1) is 12.7 Å². The van der Waals surface area contributed by atoms with Gasteiger partial charge >= 0.3 is 6.09 Å². The third-order valence-corrected chi connectivity index (χ3v) is 2.70. The minimum atomic E-state index is -0.345. The Balaban J connectivity index is 2.13. The van der Waals surface area contributed by atoms with Crippen LogP contribution < -0.4 is 5.32 Å². The standard InChI is InChI=1S/C11H21NO3/c1-2-3-7-15-11(14)12-9-5-4-6-10(13)8-9/h9-10,13H,2-8H2,1H3,(H,12,14)/t9-,10+/m1/s1. The summed E-state index contributed by atoms with van der Waals surface area (Å²) in [6.45, 7) is 2.54. The molecular weight excluding hydrogens is 194 g/mol. The highest BCUT2D eigenvalue weighted by Crippen LogP contribution is 2.18. The van der Waals surface area contributed by atoms with Gasteiger partial charge in [-0.25, -0.2) is 4.79 Å². The van der Waals surface area contributed by atoms with Crippen molar-refractivity contribution in [2.24, 2.45) is 0 Å². The molecule has 0 aromatic carbocycles. The summed E-state index contributed by atoms with van der Waals surface area (Å²) in [5.74, 6) is 0. The van der Waals surface area contributed by atoms with Crippen LogP contribution in [-0.2, 0) is 4.74 Å². The average Bonchev–Trinajstić information content (AvgIpc) is 2.18. The predicted molar refractivity (Wildman–Crippen MR) is 57.7 cm³/mol. The average molecular weight is 215 g/mol. The topological polar surface area (TPSA) is 58.6 Å². The molecule has 0 unspecified atom stereocenters. The third-order valence-electron chi connectivity index (χ3n) is 2.70. The second-order valence-electron chi connectivity index (χ2n) is 4.15. The Kier molecular flexibility index (Phi) is 5.47. The molecule has 0 heterocycles. The summed E-state index contributed by atoms with van der Waals surface area (Å²) in [4.78, 5) is 11.3. The molecular formula is C11H21NO3. The van der Waals surface area contributed by atoms with Gasteiger partial charge in [-0.15, -0.1) is 0 Å². The maximum absolute atomic E-state index is 11.3. The zero-order valence-corrected chi connectivity index (χ0v) is 9.37. The van der Waals surface area contributed by atoms with Crippen molar-refractivity contribution in [3.63, 3.8) is 0 Å². The Morgan fingerprint density at radius 3 is 3.00 bits per heavy atom. The van der Waals surface area contributed by atoms with E-state index in [-0.39, 0.29) is 18.2 Å². The highest BCUT2D eigenvalue weighted by Gasteiger charge is 2.21. The molecule has 0 saturated heterocycles. The first-order valence-corrected chi connectivity index (χ1v) is 5.83. The maximum atomic E-state index is 11.3. The van der Waals surface area contributed by atoms with E-state index in [1.165, 1.54) is 0 Å². The van der Waals surface area contributed by atoms with Crippen LogP contribution in [0.4, 0.5) is 4.79 Å². The minimum absolute atomic E-state index is 0.0860. The first kappa shape index (κ1) is 12.3. The van der Waals surface area contributed by atoms with Gasteiger partial charge in [-0.1, -0.05) is 13.3 Å². The number of aliphatic hydroxyl groups excluding tert-OH is 1. The van der Waals surface area contributed by atoms with Gasteiger partial charge in [0.2, 0.25) is 0 Å². The van der Waals surface area contributed by atoms with E-state index in [4.69, 9.17) is 4.74 Å². The first-order valence-electron chi connectivity index (χ1n) is 5.83. The molecule has 1 amide bonds. The number of amides is 1. The van der Waals surface area contributed by atoms with Crippen LogP contribution in [0.2, 0.25) is 0 Å². The molecule has 1 aliphatic rings. The number of unbranched alkanes of at least 4 members (excludes halogenated alkanes) is 1. The van der Waals surface area contributed by atoms with Crippen molar-refractivity contribution in [2.45, 2.75) is 57.6 Å². The molecule has 0 spiro atoms. The molecule has 88 valence electrons. The number of nitrogens with one attached hydrogen (secondary N) is 1. The van der Waals surface area contributed by atoms with Gasteiger partial charge in [0.15, 0.2) is 0 Å². The molecule has 1 aliphatic carbocycles. The maximum Gasteiger partial charge on any atom is 0.407 e. The van der Waals surface area contributed by atoms with Crippen LogP contribution >= 0.6 is 0 Å². The van der Waals surface area contributed by atoms with Crippen molar-refractivity contribution in [3.05, 3.63) is 0 Å². The van der Waals surface area contributed by atoms with E-state index in [0.29, 0.717) is 13.0 Å². The molecule has 0 aliphatic heterocycles. The lowest BCUT2D eigenvalue weighted by atomic mass is 9.93. The van der Waals surface area contributed by atoms with Gasteiger partial charge in [-0.05, 0) is 32.1 Å². The Labute approximate surface area is 91.0 Å². The zero-order chi connectivity index (χ0) is 11.1. The number of aliphatic hydroxyl groups is 1. The highest BCUT2D eigenvalue weighted by atomic mass is 16.5. The fourth-order valence-corrected chi connectivity index (χ4v) is 1.81. The molecule has 0 radical (unpaired) electrons. The summed E-state index contributed by atoms with van der Waals surface area (Å²) >= 11 is 0. The lowest BCUT2D eigenvalue weighted by molar-refractivity contribution is 0.101. The van der Waals surface area contributed by atoms with Crippen molar-refractivity contribution in [3.8, 4) is 0 Å². The summed E-state index contributed by atoms with van der Waals surface area (Å²) in [7, 11) is 0. The minimum Gasteiger partial charge on any atom is -0.450 e. The van der Waals surface area contributed by atoms with Gasteiger partial charge in [-0.3, -0.25) is 0 Å². The number of hydrogen-bond acceptors (Lipinski definition) is 3. The van der Waals surface area contributed by atoms with E-state index in [1.807, 2.05) is 0 Å². The zero-order valence-electron chi connectivity index (χ0n) is 9.37. The second-order valence-corrected chi connectivity index (χ2v) is 4.15. The lowest BCUT2D eigenvalue weighted by Crippen LogP contribution is -2.40. The van der Waals surface area contributed by atoms with Crippen LogP contribution in [0.3, 0.4) is 0 Å². The molecule has 2 N–H and O–H groups in total. The van der Waals surface area contributed by atoms with Gasteiger partial charge in [0.25, 0.3) is 0 Å². The van der Waals surface area contributed by atoms with Gasteiger partial charge < -0.3 is 15.2 Å². The van der Waals surface area contributed by atoms with Crippen LogP contribution in [0.1, 0.15) is 45.4 Å². The predicted octanol–water partition coefficient (Wildman–Crippen LogP) is 1.82. The summed E-state index contributed by atoms with van der Waals surface area (Å²) in [5, 5.41) is 12.2. The Bertz CT molecular complexity index is 196. The molecule has 4 heteroatoms. The largest absolute Gasteiger partial charge is 0.450 e. The van der Waals surface area contributed by atoms with Crippen LogP contribution in [0, 0.1) is 0 Å². The van der Waals surface area contributed by atoms with Gasteiger partial charge in [0, 0.05) is 6.04 Å². The molecule has 0 aromatic heterocycles. The lowest BCUT2D eigenvalue weighted by Gasteiger charge is -2.26. The molecule has 2 atom stereocenters. The quantitative estimate of drug-likeness (QED) is 0.703. The van der Waals surface area contributed by atoms with Crippen LogP contribution in [-0.4, -0.2) is 30.0 Å². The van der Waals surface area contributed by atoms with Gasteiger partial charge in [0.1, 0.15) is 0 Å². The second kappa shape index (κ2) is 6.67. The number of rotatable bonds is 4. The number of hydrogen-bond donors (Lipinski definition) is 2. The molecule has 1 fully saturated rings. The van der Waals surface area contributed by atoms with Crippen molar-refractivity contribution in [2.75, 3.05) is 6.61 Å². The Morgan fingerprint density at radius 1 is 1.53 bits per heavy atom. The molecule has 0 aromatic rings. The number of ether oxygens (including phenoxy) is 1. The molecule has 15 heavy (non-hydrogen) atoms. The van der Waals surface area contributed by atoms with Crippen molar-refractivity contribution >= 4 is 6.09 Å². The van der Waals surface area contributed by atoms with Crippen LogP contribution in [0.5, 0.6) is 0 Å². The SMILES string of the molecule is CCCCOC(=O)N[C@@H]1CCC[C@H](O)C1. The van der Waals surface area contributed by atoms with E-state index in [1.54, 1.807) is 0 Å². The summed E-state index contributed by atoms with van der Waals surface area (Å²) in [6.07, 6.45) is 4.74. The number of alkyl carbamates (subject to hydrolysis) is 1. The number of carbonyl (C=O) groups excluding carboxylic acids is 1. The molecule has 1 rings (SSSR count). The van der Waals surface area contributed by atoms with E-state index in [2.05, 4.69) is 12.2 Å². The molecule has 4 nitrogen and oxygen atoms in total. The fourth-order valence-electron chi connectivity index (χ4n) is 1.81. The van der Waals surface area contributed by atoms with E-state index < -0.39 is 0 Å². The van der Waals surface area contributed by atoms with E-state index >= 15 is 0 Å². The number of carbonyl (C=O) groups is 1. The van der Waals surface area contributed by atoms with E-state index in [9.17, 15) is 9.90 Å². The van der Waals surface area contributed by atoms with Crippen molar-refractivity contribution in [1.82, 2.24) is 5.32 Å². The molecule has 0 bridgehead atoms. The van der Waals surface area contributed by atoms with Crippen molar-refractivity contribution in [1.29, 1.82) is 0 Å². The fraction of sp³-hybridized carbons (Fsp3) is 0.909. The first-order chi connectivity index (χ1) is 7.22. The normalized spacial score (nSPS) is 26.0. The van der Waals surface area contributed by atoms with Gasteiger partial charge in [-0.2, -0.15) is 0 Å². The Morgan fingerprint density at radius 2 is 2.33 bits per heavy atom. The summed E-state index contributed by atoms with van der Waals surface area (Å²) < 4.78 is 4.99. The highest BCUT2D eigenvalue weighted by molar-refractivity contribution is 5.67. The summed E-state index contributed by atoms with van der Waals surface area (Å²) in [6, 6.07) is 0.0860.